The maximum absolute atomic E-state index is 11.7. The lowest BCUT2D eigenvalue weighted by atomic mass is 10.2. The fourth-order valence-corrected chi connectivity index (χ4v) is 1.14. The van der Waals surface area contributed by atoms with Crippen LogP contribution in [0.3, 0.4) is 0 Å². The van der Waals surface area contributed by atoms with Gasteiger partial charge in [0.15, 0.2) is 0 Å². The van der Waals surface area contributed by atoms with E-state index in [0.717, 1.165) is 0 Å². The Bertz CT molecular complexity index is 221. The number of ether oxygens (including phenoxy) is 1. The SMILES string of the molecule is CCN(CC(N)=O)C(=O)C(N)CCOC. The smallest absolute Gasteiger partial charge is 0.240 e. The monoisotopic (exact) mass is 217 g/mol. The van der Waals surface area contributed by atoms with Crippen LogP contribution in [0.15, 0.2) is 0 Å². The maximum atomic E-state index is 11.7. The standard InChI is InChI=1S/C9H19N3O3/c1-3-12(6-8(11)13)9(14)7(10)4-5-15-2/h7H,3-6,10H2,1-2H3,(H2,11,13). The normalized spacial score (nSPS) is 12.2. The van der Waals surface area contributed by atoms with Crippen LogP contribution >= 0.6 is 0 Å². The van der Waals surface area contributed by atoms with Crippen molar-refractivity contribution in [2.75, 3.05) is 26.8 Å². The molecule has 1 atom stereocenters. The largest absolute Gasteiger partial charge is 0.385 e. The predicted octanol–water partition coefficient (Wildman–Crippen LogP) is -1.32. The molecule has 0 spiro atoms. The Morgan fingerprint density at radius 3 is 2.47 bits per heavy atom. The molecule has 15 heavy (non-hydrogen) atoms. The lowest BCUT2D eigenvalue weighted by Crippen LogP contribution is -2.47. The molecule has 1 unspecified atom stereocenters. The lowest BCUT2D eigenvalue weighted by Gasteiger charge is -2.22. The van der Waals surface area contributed by atoms with Gasteiger partial charge >= 0.3 is 0 Å². The van der Waals surface area contributed by atoms with Gasteiger partial charge in [0.25, 0.3) is 0 Å². The first-order valence-corrected chi connectivity index (χ1v) is 4.84. The first kappa shape index (κ1) is 13.9. The average Bonchev–Trinajstić information content (AvgIpc) is 2.21. The molecule has 0 aromatic rings. The van der Waals surface area contributed by atoms with Crippen molar-refractivity contribution in [3.63, 3.8) is 0 Å². The number of nitrogens with zero attached hydrogens (tertiary/aromatic N) is 1. The van der Waals surface area contributed by atoms with Crippen LogP contribution in [-0.4, -0.2) is 49.6 Å². The number of carbonyl (C=O) groups is 2. The second-order valence-electron chi connectivity index (χ2n) is 3.21. The van der Waals surface area contributed by atoms with Gasteiger partial charge in [0.1, 0.15) is 0 Å². The molecule has 0 saturated carbocycles. The predicted molar refractivity (Wildman–Crippen MR) is 55.9 cm³/mol. The Labute approximate surface area is 89.5 Å². The van der Waals surface area contributed by atoms with E-state index in [0.29, 0.717) is 19.6 Å². The van der Waals surface area contributed by atoms with E-state index >= 15 is 0 Å². The Kier molecular flexibility index (Phi) is 6.64. The van der Waals surface area contributed by atoms with E-state index in [1.54, 1.807) is 6.92 Å². The van der Waals surface area contributed by atoms with Crippen molar-refractivity contribution in [3.05, 3.63) is 0 Å². The highest BCUT2D eigenvalue weighted by molar-refractivity contribution is 5.86. The zero-order valence-electron chi connectivity index (χ0n) is 9.23. The molecule has 4 N–H and O–H groups in total. The summed E-state index contributed by atoms with van der Waals surface area (Å²) in [7, 11) is 1.54. The van der Waals surface area contributed by atoms with Gasteiger partial charge in [-0.2, -0.15) is 0 Å². The summed E-state index contributed by atoms with van der Waals surface area (Å²) in [6, 6.07) is -0.635. The van der Waals surface area contributed by atoms with Crippen LogP contribution in [0.4, 0.5) is 0 Å². The van der Waals surface area contributed by atoms with Gasteiger partial charge in [-0.25, -0.2) is 0 Å². The molecule has 0 aromatic carbocycles. The number of rotatable bonds is 7. The van der Waals surface area contributed by atoms with Crippen molar-refractivity contribution < 1.29 is 14.3 Å². The molecule has 6 heteroatoms. The van der Waals surface area contributed by atoms with Gasteiger partial charge < -0.3 is 21.1 Å². The third kappa shape index (κ3) is 5.34. The second-order valence-corrected chi connectivity index (χ2v) is 3.21. The van der Waals surface area contributed by atoms with E-state index in [4.69, 9.17) is 16.2 Å². The molecule has 88 valence electrons. The van der Waals surface area contributed by atoms with Crippen LogP contribution in [0.2, 0.25) is 0 Å². The van der Waals surface area contributed by atoms with Crippen molar-refractivity contribution in [1.29, 1.82) is 0 Å². The summed E-state index contributed by atoms with van der Waals surface area (Å²) in [6.07, 6.45) is 0.435. The Morgan fingerprint density at radius 2 is 2.07 bits per heavy atom. The number of carbonyl (C=O) groups excluding carboxylic acids is 2. The molecule has 0 bridgehead atoms. The van der Waals surface area contributed by atoms with Gasteiger partial charge in [-0.3, -0.25) is 9.59 Å². The van der Waals surface area contributed by atoms with Crippen LogP contribution in [0.25, 0.3) is 0 Å². The quantitative estimate of drug-likeness (QED) is 0.552. The summed E-state index contributed by atoms with van der Waals surface area (Å²) >= 11 is 0. The first-order chi connectivity index (χ1) is 7.02. The summed E-state index contributed by atoms with van der Waals surface area (Å²) in [4.78, 5) is 23.7. The first-order valence-electron chi connectivity index (χ1n) is 4.84. The molecule has 0 saturated heterocycles. The topological polar surface area (TPSA) is 98.7 Å². The molecule has 0 aliphatic rings. The summed E-state index contributed by atoms with van der Waals surface area (Å²) in [5.41, 5.74) is 10.6. The number of nitrogens with two attached hydrogens (primary N) is 2. The average molecular weight is 217 g/mol. The third-order valence-corrected chi connectivity index (χ3v) is 1.99. The molecule has 0 radical (unpaired) electrons. The number of hydrogen-bond acceptors (Lipinski definition) is 4. The Balaban J connectivity index is 4.17. The number of primary amides is 1. The van der Waals surface area contributed by atoms with Gasteiger partial charge in [0, 0.05) is 20.3 Å². The number of hydrogen-bond donors (Lipinski definition) is 2. The van der Waals surface area contributed by atoms with Crippen molar-refractivity contribution >= 4 is 11.8 Å². The highest BCUT2D eigenvalue weighted by atomic mass is 16.5. The van der Waals surface area contributed by atoms with Crippen molar-refractivity contribution in [1.82, 2.24) is 4.90 Å². The number of amides is 2. The molecule has 2 amide bonds. The zero-order chi connectivity index (χ0) is 11.8. The van der Waals surface area contributed by atoms with E-state index in [2.05, 4.69) is 0 Å². The van der Waals surface area contributed by atoms with E-state index in [1.807, 2.05) is 0 Å². The van der Waals surface area contributed by atoms with E-state index < -0.39 is 11.9 Å². The van der Waals surface area contributed by atoms with Crippen molar-refractivity contribution in [2.24, 2.45) is 11.5 Å². The van der Waals surface area contributed by atoms with E-state index in [1.165, 1.54) is 12.0 Å². The van der Waals surface area contributed by atoms with E-state index in [-0.39, 0.29) is 12.5 Å². The molecule has 0 aromatic heterocycles. The molecule has 0 aliphatic heterocycles. The maximum Gasteiger partial charge on any atom is 0.240 e. The lowest BCUT2D eigenvalue weighted by molar-refractivity contribution is -0.136. The van der Waals surface area contributed by atoms with Gasteiger partial charge in [-0.05, 0) is 13.3 Å². The summed E-state index contributed by atoms with van der Waals surface area (Å²) in [6.45, 7) is 2.52. The summed E-state index contributed by atoms with van der Waals surface area (Å²) in [5.74, 6) is -0.808. The molecular weight excluding hydrogens is 198 g/mol. The summed E-state index contributed by atoms with van der Waals surface area (Å²) in [5, 5.41) is 0. The van der Waals surface area contributed by atoms with Gasteiger partial charge in [0.05, 0.1) is 12.6 Å². The van der Waals surface area contributed by atoms with Gasteiger partial charge in [-0.15, -0.1) is 0 Å². The minimum Gasteiger partial charge on any atom is -0.385 e. The fraction of sp³-hybridized carbons (Fsp3) is 0.778. The van der Waals surface area contributed by atoms with Crippen LogP contribution < -0.4 is 11.5 Å². The zero-order valence-corrected chi connectivity index (χ0v) is 9.23. The van der Waals surface area contributed by atoms with Crippen LogP contribution in [0, 0.1) is 0 Å². The van der Waals surface area contributed by atoms with Crippen LogP contribution in [0.1, 0.15) is 13.3 Å². The number of methoxy groups -OCH3 is 1. The molecule has 6 nitrogen and oxygen atoms in total. The minimum atomic E-state index is -0.635. The van der Waals surface area contributed by atoms with Gasteiger partial charge in [0.2, 0.25) is 11.8 Å². The highest BCUT2D eigenvalue weighted by Gasteiger charge is 2.20. The number of likely N-dealkylation sites (N-methyl/N-ethyl adjacent to an activating group) is 1. The molecule has 0 heterocycles. The highest BCUT2D eigenvalue weighted by Crippen LogP contribution is 1.97. The summed E-state index contributed by atoms with van der Waals surface area (Å²) < 4.78 is 4.81. The Hall–Kier alpha value is -1.14. The minimum absolute atomic E-state index is 0.0873. The third-order valence-electron chi connectivity index (χ3n) is 1.99. The van der Waals surface area contributed by atoms with Crippen molar-refractivity contribution in [3.8, 4) is 0 Å². The Morgan fingerprint density at radius 1 is 1.47 bits per heavy atom. The van der Waals surface area contributed by atoms with Crippen molar-refractivity contribution in [2.45, 2.75) is 19.4 Å². The molecule has 0 fully saturated rings. The molecular formula is C9H19N3O3. The second kappa shape index (κ2) is 7.19. The van der Waals surface area contributed by atoms with Crippen LogP contribution in [0.5, 0.6) is 0 Å². The van der Waals surface area contributed by atoms with Crippen LogP contribution in [-0.2, 0) is 14.3 Å². The molecule has 0 rings (SSSR count). The van der Waals surface area contributed by atoms with Gasteiger partial charge in [-0.1, -0.05) is 0 Å². The fourth-order valence-electron chi connectivity index (χ4n) is 1.14. The van der Waals surface area contributed by atoms with E-state index in [9.17, 15) is 9.59 Å². The molecule has 0 aliphatic carbocycles.